The zero-order valence-corrected chi connectivity index (χ0v) is 13.7. The molecule has 0 spiro atoms. The molecule has 1 saturated carbocycles. The quantitative estimate of drug-likeness (QED) is 0.618. The molecule has 1 aromatic rings. The molecular weight excluding hydrogens is 294 g/mol. The van der Waals surface area contributed by atoms with Crippen molar-refractivity contribution in [1.29, 1.82) is 0 Å². The van der Waals surface area contributed by atoms with Gasteiger partial charge >= 0.3 is 5.69 Å². The molecule has 2 aliphatic rings. The van der Waals surface area contributed by atoms with Crippen molar-refractivity contribution in [2.24, 2.45) is 5.92 Å². The number of methoxy groups -OCH3 is 1. The van der Waals surface area contributed by atoms with E-state index in [9.17, 15) is 10.1 Å². The fraction of sp³-hybridized carbons (Fsp3) is 0.647. The lowest BCUT2D eigenvalue weighted by Gasteiger charge is -2.32. The molecule has 0 radical (unpaired) electrons. The van der Waals surface area contributed by atoms with Gasteiger partial charge < -0.3 is 10.1 Å². The molecule has 1 aliphatic heterocycles. The van der Waals surface area contributed by atoms with E-state index < -0.39 is 0 Å². The van der Waals surface area contributed by atoms with Crippen molar-refractivity contribution in [3.8, 4) is 5.75 Å². The Hall–Kier alpha value is -1.66. The molecule has 1 N–H and O–H groups in total. The van der Waals surface area contributed by atoms with Gasteiger partial charge in [0.15, 0.2) is 5.75 Å². The molecule has 6 nitrogen and oxygen atoms in total. The molecule has 2 fully saturated rings. The topological polar surface area (TPSA) is 67.6 Å². The van der Waals surface area contributed by atoms with Gasteiger partial charge in [0.1, 0.15) is 0 Å². The van der Waals surface area contributed by atoms with E-state index >= 15 is 0 Å². The number of nitro benzene ring substituents is 1. The lowest BCUT2D eigenvalue weighted by atomic mass is 10.0. The molecule has 0 bridgehead atoms. The van der Waals surface area contributed by atoms with Crippen molar-refractivity contribution < 1.29 is 9.66 Å². The average molecular weight is 319 g/mol. The van der Waals surface area contributed by atoms with E-state index in [0.29, 0.717) is 11.8 Å². The molecule has 1 heterocycles. The summed E-state index contributed by atoms with van der Waals surface area (Å²) in [4.78, 5) is 13.1. The van der Waals surface area contributed by atoms with E-state index in [-0.39, 0.29) is 10.6 Å². The Balaban J connectivity index is 1.51. The van der Waals surface area contributed by atoms with Crippen molar-refractivity contribution in [3.63, 3.8) is 0 Å². The maximum absolute atomic E-state index is 11.1. The Bertz CT molecular complexity index is 552. The summed E-state index contributed by atoms with van der Waals surface area (Å²) in [6.45, 7) is 4.03. The summed E-state index contributed by atoms with van der Waals surface area (Å²) < 4.78 is 5.05. The highest BCUT2D eigenvalue weighted by atomic mass is 16.6. The largest absolute Gasteiger partial charge is 0.490 e. The van der Waals surface area contributed by atoms with Gasteiger partial charge in [0.05, 0.1) is 12.0 Å². The van der Waals surface area contributed by atoms with Crippen molar-refractivity contribution in [2.45, 2.75) is 38.3 Å². The van der Waals surface area contributed by atoms with Crippen LogP contribution in [0.15, 0.2) is 18.2 Å². The summed E-state index contributed by atoms with van der Waals surface area (Å²) >= 11 is 0. The standard InChI is InChI=1S/C17H25N3O3/c1-23-17-5-4-14(10-16(17)20(21)22)12-19-8-6-15(7-9-19)18-11-13-2-3-13/h4-5,10,13,15,18H,2-3,6-9,11-12H2,1H3. The minimum Gasteiger partial charge on any atom is -0.490 e. The van der Waals surface area contributed by atoms with Crippen LogP contribution in [-0.2, 0) is 6.54 Å². The monoisotopic (exact) mass is 319 g/mol. The van der Waals surface area contributed by atoms with Crippen molar-refractivity contribution in [1.82, 2.24) is 10.2 Å². The predicted molar refractivity (Wildman–Crippen MR) is 88.7 cm³/mol. The van der Waals surface area contributed by atoms with Gasteiger partial charge in [-0.2, -0.15) is 0 Å². The first-order valence-electron chi connectivity index (χ1n) is 8.42. The van der Waals surface area contributed by atoms with Crippen LogP contribution in [0.25, 0.3) is 0 Å². The first-order valence-corrected chi connectivity index (χ1v) is 8.42. The van der Waals surface area contributed by atoms with Crippen LogP contribution in [0.1, 0.15) is 31.2 Å². The van der Waals surface area contributed by atoms with Crippen LogP contribution in [-0.4, -0.2) is 42.6 Å². The highest BCUT2D eigenvalue weighted by molar-refractivity contribution is 5.48. The third-order valence-electron chi connectivity index (χ3n) is 4.83. The molecule has 1 aromatic carbocycles. The molecule has 0 amide bonds. The summed E-state index contributed by atoms with van der Waals surface area (Å²) in [6, 6.07) is 5.88. The molecule has 0 aromatic heterocycles. The fourth-order valence-corrected chi connectivity index (χ4v) is 3.19. The Morgan fingerprint density at radius 2 is 2.04 bits per heavy atom. The average Bonchev–Trinajstić information content (AvgIpc) is 3.38. The van der Waals surface area contributed by atoms with E-state index in [1.807, 2.05) is 6.07 Å². The second kappa shape index (κ2) is 7.27. The summed E-state index contributed by atoms with van der Waals surface area (Å²) in [5, 5.41) is 14.8. The summed E-state index contributed by atoms with van der Waals surface area (Å²) in [5.41, 5.74) is 1.02. The number of nitrogens with zero attached hydrogens (tertiary/aromatic N) is 2. The number of hydrogen-bond acceptors (Lipinski definition) is 5. The number of piperidine rings is 1. The molecule has 0 atom stereocenters. The molecule has 1 aliphatic carbocycles. The van der Waals surface area contributed by atoms with E-state index in [4.69, 9.17) is 4.74 Å². The number of rotatable bonds is 7. The van der Waals surface area contributed by atoms with E-state index in [2.05, 4.69) is 10.2 Å². The number of benzene rings is 1. The van der Waals surface area contributed by atoms with Crippen molar-refractivity contribution in [2.75, 3.05) is 26.7 Å². The molecule has 23 heavy (non-hydrogen) atoms. The van der Waals surface area contributed by atoms with Gasteiger partial charge in [0.25, 0.3) is 0 Å². The molecular formula is C17H25N3O3. The highest BCUT2D eigenvalue weighted by Gasteiger charge is 2.24. The number of hydrogen-bond donors (Lipinski definition) is 1. The summed E-state index contributed by atoms with van der Waals surface area (Å²) in [5.74, 6) is 1.25. The maximum atomic E-state index is 11.1. The Kier molecular flexibility index (Phi) is 5.13. The van der Waals surface area contributed by atoms with E-state index in [1.54, 1.807) is 12.1 Å². The normalized spacial score (nSPS) is 19.7. The lowest BCUT2D eigenvalue weighted by Crippen LogP contribution is -2.42. The first kappa shape index (κ1) is 16.2. The van der Waals surface area contributed by atoms with E-state index in [0.717, 1.165) is 44.0 Å². The molecule has 0 unspecified atom stereocenters. The smallest absolute Gasteiger partial charge is 0.311 e. The second-order valence-corrected chi connectivity index (χ2v) is 6.67. The fourth-order valence-electron chi connectivity index (χ4n) is 3.19. The zero-order valence-electron chi connectivity index (χ0n) is 13.7. The van der Waals surface area contributed by atoms with Crippen molar-refractivity contribution >= 4 is 5.69 Å². The maximum Gasteiger partial charge on any atom is 0.311 e. The molecule has 1 saturated heterocycles. The molecule has 3 rings (SSSR count). The minimum absolute atomic E-state index is 0.0472. The van der Waals surface area contributed by atoms with Gasteiger partial charge in [-0.25, -0.2) is 0 Å². The zero-order chi connectivity index (χ0) is 16.2. The van der Waals surface area contributed by atoms with E-state index in [1.165, 1.54) is 26.5 Å². The lowest BCUT2D eigenvalue weighted by molar-refractivity contribution is -0.385. The number of likely N-dealkylation sites (tertiary alicyclic amines) is 1. The molecule has 6 heteroatoms. The van der Waals surface area contributed by atoms with Gasteiger partial charge in [0, 0.05) is 18.7 Å². The Morgan fingerprint density at radius 3 is 2.65 bits per heavy atom. The number of nitro groups is 1. The van der Waals surface area contributed by atoms with Gasteiger partial charge in [-0.3, -0.25) is 15.0 Å². The van der Waals surface area contributed by atoms with Crippen LogP contribution in [0.3, 0.4) is 0 Å². The Labute approximate surface area is 137 Å². The van der Waals surface area contributed by atoms with Crippen LogP contribution < -0.4 is 10.1 Å². The van der Waals surface area contributed by atoms with Gasteiger partial charge in [-0.15, -0.1) is 0 Å². The van der Waals surface area contributed by atoms with Gasteiger partial charge in [0.2, 0.25) is 0 Å². The summed E-state index contributed by atoms with van der Waals surface area (Å²) in [6.07, 6.45) is 5.10. The van der Waals surface area contributed by atoms with Crippen LogP contribution in [0.4, 0.5) is 5.69 Å². The predicted octanol–water partition coefficient (Wildman–Crippen LogP) is 2.57. The van der Waals surface area contributed by atoms with Crippen LogP contribution in [0, 0.1) is 16.0 Å². The Morgan fingerprint density at radius 1 is 1.30 bits per heavy atom. The third-order valence-corrected chi connectivity index (χ3v) is 4.83. The second-order valence-electron chi connectivity index (χ2n) is 6.67. The van der Waals surface area contributed by atoms with Gasteiger partial charge in [-0.1, -0.05) is 6.07 Å². The van der Waals surface area contributed by atoms with Crippen LogP contribution >= 0.6 is 0 Å². The summed E-state index contributed by atoms with van der Waals surface area (Å²) in [7, 11) is 1.46. The van der Waals surface area contributed by atoms with Crippen LogP contribution in [0.2, 0.25) is 0 Å². The SMILES string of the molecule is COc1ccc(CN2CCC(NCC3CC3)CC2)cc1[N+](=O)[O-]. The van der Waals surface area contributed by atoms with Gasteiger partial charge in [-0.05, 0) is 62.9 Å². The third kappa shape index (κ3) is 4.42. The van der Waals surface area contributed by atoms with Crippen LogP contribution in [0.5, 0.6) is 5.75 Å². The number of nitrogens with one attached hydrogen (secondary N) is 1. The first-order chi connectivity index (χ1) is 11.2. The van der Waals surface area contributed by atoms with Crippen molar-refractivity contribution in [3.05, 3.63) is 33.9 Å². The highest BCUT2D eigenvalue weighted by Crippen LogP contribution is 2.29. The number of ether oxygens (including phenoxy) is 1. The minimum atomic E-state index is -0.379. The molecule has 126 valence electrons.